The van der Waals surface area contributed by atoms with Crippen LogP contribution in [0.3, 0.4) is 0 Å². The first-order valence-electron chi connectivity index (χ1n) is 4.36. The molecule has 0 radical (unpaired) electrons. The molecule has 0 aliphatic carbocycles. The van der Waals surface area contributed by atoms with Gasteiger partial charge in [-0.15, -0.1) is 13.1 Å². The van der Waals surface area contributed by atoms with Crippen LogP contribution in [0.5, 0.6) is 0 Å². The number of hydrogen-bond donors (Lipinski definition) is 0. The third-order valence-corrected chi connectivity index (χ3v) is 1.46. The summed E-state index contributed by atoms with van der Waals surface area (Å²) in [7, 11) is 0. The average molecular weight is 245 g/mol. The first-order chi connectivity index (χ1) is 5.35. The van der Waals surface area contributed by atoms with Gasteiger partial charge in [-0.1, -0.05) is 13.3 Å². The Labute approximate surface area is 104 Å². The predicted octanol–water partition coefficient (Wildman–Crippen LogP) is 2.59. The fourth-order valence-electron chi connectivity index (χ4n) is 0.717. The van der Waals surface area contributed by atoms with Gasteiger partial charge in [0.1, 0.15) is 0 Å². The SMILES string of the molecule is [CH2-]C.[CH2-]CN(C[CH2-])CCCC.[Y+3]. The number of hydrogen-bond acceptors (Lipinski definition) is 1. The van der Waals surface area contributed by atoms with Gasteiger partial charge in [0.05, 0.1) is 0 Å². The minimum atomic E-state index is 0. The molecule has 0 aliphatic rings. The van der Waals surface area contributed by atoms with Crippen LogP contribution in [0.15, 0.2) is 0 Å². The molecule has 2 heteroatoms. The summed E-state index contributed by atoms with van der Waals surface area (Å²) in [5.74, 6) is 0. The molecule has 0 aliphatic heterocycles. The molecule has 0 N–H and O–H groups in total. The molecule has 0 aromatic carbocycles. The third kappa shape index (κ3) is 13.6. The van der Waals surface area contributed by atoms with Gasteiger partial charge in [0.25, 0.3) is 0 Å². The van der Waals surface area contributed by atoms with E-state index in [1.807, 2.05) is 0 Å². The topological polar surface area (TPSA) is 3.24 Å². The van der Waals surface area contributed by atoms with E-state index in [4.69, 9.17) is 0 Å². The van der Waals surface area contributed by atoms with Crippen molar-refractivity contribution in [3.8, 4) is 0 Å². The van der Waals surface area contributed by atoms with Gasteiger partial charge in [-0.2, -0.15) is 6.92 Å². The van der Waals surface area contributed by atoms with Crippen LogP contribution >= 0.6 is 0 Å². The van der Waals surface area contributed by atoms with Gasteiger partial charge in [-0.25, -0.2) is 0 Å². The molecule has 0 atom stereocenters. The fourth-order valence-corrected chi connectivity index (χ4v) is 0.717. The van der Waals surface area contributed by atoms with Gasteiger partial charge < -0.3 is 25.7 Å². The van der Waals surface area contributed by atoms with Crippen LogP contribution in [0.25, 0.3) is 0 Å². The number of rotatable bonds is 5. The van der Waals surface area contributed by atoms with Crippen molar-refractivity contribution in [1.29, 1.82) is 0 Å². The van der Waals surface area contributed by atoms with Gasteiger partial charge in [-0.3, -0.25) is 0 Å². The van der Waals surface area contributed by atoms with Crippen molar-refractivity contribution in [3.63, 3.8) is 0 Å². The molecule has 0 bridgehead atoms. The van der Waals surface area contributed by atoms with Crippen molar-refractivity contribution in [1.82, 2.24) is 4.90 Å². The van der Waals surface area contributed by atoms with Crippen molar-refractivity contribution in [2.24, 2.45) is 0 Å². The molecule has 0 aromatic rings. The molecular formula is C10H22NY. The molecule has 0 rings (SSSR count). The second-order valence-corrected chi connectivity index (χ2v) is 2.20. The number of unbranched alkanes of at least 4 members (excludes halogenated alkanes) is 1. The smallest absolute Gasteiger partial charge is 0.363 e. The second-order valence-electron chi connectivity index (χ2n) is 2.20. The van der Waals surface area contributed by atoms with Crippen LogP contribution in [-0.4, -0.2) is 24.5 Å². The summed E-state index contributed by atoms with van der Waals surface area (Å²) in [6.45, 7) is 17.7. The van der Waals surface area contributed by atoms with Gasteiger partial charge in [-0.05, 0) is 13.0 Å². The zero-order valence-corrected chi connectivity index (χ0v) is 11.5. The van der Waals surface area contributed by atoms with E-state index in [1.54, 1.807) is 6.92 Å². The minimum absolute atomic E-state index is 0. The first-order valence-corrected chi connectivity index (χ1v) is 4.36. The second kappa shape index (κ2) is 18.0. The van der Waals surface area contributed by atoms with Gasteiger partial charge >= 0.3 is 32.7 Å². The molecule has 0 amide bonds. The zero-order chi connectivity index (χ0) is 9.11. The van der Waals surface area contributed by atoms with Crippen LogP contribution in [0, 0.1) is 20.8 Å². The summed E-state index contributed by atoms with van der Waals surface area (Å²) in [6.07, 6.45) is 2.53. The van der Waals surface area contributed by atoms with E-state index in [0.717, 1.165) is 19.6 Å². The molecule has 12 heavy (non-hydrogen) atoms. The zero-order valence-electron chi connectivity index (χ0n) is 8.68. The van der Waals surface area contributed by atoms with Crippen molar-refractivity contribution in [3.05, 3.63) is 20.8 Å². The van der Waals surface area contributed by atoms with Crippen LogP contribution in [-0.2, 0) is 32.7 Å². The van der Waals surface area contributed by atoms with E-state index in [1.165, 1.54) is 12.8 Å². The maximum Gasteiger partial charge on any atom is 3.00 e. The summed E-state index contributed by atoms with van der Waals surface area (Å²) < 4.78 is 0. The van der Waals surface area contributed by atoms with E-state index in [9.17, 15) is 0 Å². The minimum Gasteiger partial charge on any atom is -0.363 e. The Morgan fingerprint density at radius 2 is 1.50 bits per heavy atom. The summed E-state index contributed by atoms with van der Waals surface area (Å²) in [5, 5.41) is 0. The Morgan fingerprint density at radius 1 is 1.08 bits per heavy atom. The van der Waals surface area contributed by atoms with Crippen molar-refractivity contribution >= 4 is 0 Å². The molecular weight excluding hydrogens is 223 g/mol. The molecule has 70 valence electrons. The fraction of sp³-hybridized carbons (Fsp3) is 0.700. The third-order valence-electron chi connectivity index (χ3n) is 1.46. The van der Waals surface area contributed by atoms with Crippen molar-refractivity contribution in [2.45, 2.75) is 26.7 Å². The van der Waals surface area contributed by atoms with E-state index in [-0.39, 0.29) is 32.7 Å². The summed E-state index contributed by atoms with van der Waals surface area (Å²) in [6, 6.07) is 0. The van der Waals surface area contributed by atoms with E-state index >= 15 is 0 Å². The van der Waals surface area contributed by atoms with E-state index in [0.29, 0.717) is 0 Å². The van der Waals surface area contributed by atoms with Crippen LogP contribution in [0.1, 0.15) is 26.7 Å². The summed E-state index contributed by atoms with van der Waals surface area (Å²) in [4.78, 5) is 2.24. The quantitative estimate of drug-likeness (QED) is 0.673. The molecule has 0 aromatic heterocycles. The molecule has 1 nitrogen and oxygen atoms in total. The Morgan fingerprint density at radius 3 is 1.75 bits per heavy atom. The average Bonchev–Trinajstić information content (AvgIpc) is 2.10. The summed E-state index contributed by atoms with van der Waals surface area (Å²) >= 11 is 0. The number of nitrogens with zero attached hydrogens (tertiary/aromatic N) is 1. The molecule has 0 heterocycles. The normalized spacial score (nSPS) is 8.50. The maximum absolute atomic E-state index is 3.80. The Bertz CT molecular complexity index is 53.8. The van der Waals surface area contributed by atoms with Crippen molar-refractivity contribution in [2.75, 3.05) is 19.6 Å². The van der Waals surface area contributed by atoms with Gasteiger partial charge in [0.15, 0.2) is 0 Å². The predicted molar refractivity (Wildman–Crippen MR) is 53.1 cm³/mol. The van der Waals surface area contributed by atoms with E-state index in [2.05, 4.69) is 32.6 Å². The molecule has 0 fully saturated rings. The monoisotopic (exact) mass is 245 g/mol. The molecule has 0 saturated carbocycles. The molecule has 0 spiro atoms. The van der Waals surface area contributed by atoms with Crippen molar-refractivity contribution < 1.29 is 32.7 Å². The van der Waals surface area contributed by atoms with Gasteiger partial charge in [0.2, 0.25) is 0 Å². The van der Waals surface area contributed by atoms with Crippen LogP contribution in [0.2, 0.25) is 0 Å². The standard InChI is InChI=1S/C8H17N.C2H5.Y/c1-4-7-8-9(5-2)6-3;1-2;/h2-8H2,1H3;1H2,2H3;/q-2;-1;+3. The Kier molecular flexibility index (Phi) is 28.1. The van der Waals surface area contributed by atoms with Crippen LogP contribution in [0.4, 0.5) is 0 Å². The first kappa shape index (κ1) is 18.8. The van der Waals surface area contributed by atoms with E-state index < -0.39 is 0 Å². The largest absolute Gasteiger partial charge is 3.00 e. The van der Waals surface area contributed by atoms with Gasteiger partial charge in [0, 0.05) is 0 Å². The summed E-state index contributed by atoms with van der Waals surface area (Å²) in [5.41, 5.74) is 0. The molecule has 0 unspecified atom stereocenters. The Balaban J connectivity index is -0.000000249. The Hall–Kier alpha value is 1.06. The molecule has 0 saturated heterocycles. The van der Waals surface area contributed by atoms with Crippen LogP contribution < -0.4 is 0 Å². The maximum atomic E-state index is 3.80.